The van der Waals surface area contributed by atoms with E-state index in [1.807, 2.05) is 31.2 Å². The van der Waals surface area contributed by atoms with E-state index in [1.165, 1.54) is 19.3 Å². The minimum absolute atomic E-state index is 0.0998. The van der Waals surface area contributed by atoms with Gasteiger partial charge in [0.15, 0.2) is 0 Å². The third kappa shape index (κ3) is 3.00. The van der Waals surface area contributed by atoms with Crippen molar-refractivity contribution in [1.82, 2.24) is 4.72 Å². The molecular weight excluding hydrogens is 258 g/mol. The van der Waals surface area contributed by atoms with Gasteiger partial charge in [-0.3, -0.25) is 0 Å². The monoisotopic (exact) mass is 279 g/mol. The maximum Gasteiger partial charge on any atom is 0.216 e. The van der Waals surface area contributed by atoms with Crippen molar-refractivity contribution in [3.8, 4) is 0 Å². The quantitative estimate of drug-likeness (QED) is 0.921. The molecule has 0 aliphatic heterocycles. The van der Waals surface area contributed by atoms with Gasteiger partial charge >= 0.3 is 0 Å². The minimum Gasteiger partial charge on any atom is -0.212 e. The Bertz CT molecular complexity index is 567. The molecule has 2 fully saturated rings. The second-order valence-corrected chi connectivity index (χ2v) is 7.90. The number of benzene rings is 1. The molecule has 4 heteroatoms. The first kappa shape index (κ1) is 13.1. The molecule has 2 aliphatic rings. The lowest BCUT2D eigenvalue weighted by Gasteiger charge is -2.22. The van der Waals surface area contributed by atoms with Crippen LogP contribution < -0.4 is 4.72 Å². The zero-order valence-corrected chi connectivity index (χ0v) is 12.1. The number of sulfonamides is 1. The zero-order chi connectivity index (χ0) is 13.5. The number of fused-ring (bicyclic) bond motifs is 2. The highest BCUT2D eigenvalue weighted by molar-refractivity contribution is 7.88. The van der Waals surface area contributed by atoms with Gasteiger partial charge < -0.3 is 0 Å². The van der Waals surface area contributed by atoms with E-state index in [1.54, 1.807) is 0 Å². The van der Waals surface area contributed by atoms with Gasteiger partial charge in [0.1, 0.15) is 0 Å². The Morgan fingerprint density at radius 3 is 2.74 bits per heavy atom. The Kier molecular flexibility index (Phi) is 3.39. The summed E-state index contributed by atoms with van der Waals surface area (Å²) < 4.78 is 27.4. The molecule has 2 bridgehead atoms. The van der Waals surface area contributed by atoms with Crippen LogP contribution in [-0.4, -0.2) is 14.5 Å². The minimum atomic E-state index is -3.21. The van der Waals surface area contributed by atoms with E-state index in [2.05, 4.69) is 4.72 Å². The molecule has 19 heavy (non-hydrogen) atoms. The first-order chi connectivity index (χ1) is 9.02. The lowest BCUT2D eigenvalue weighted by atomic mass is 9.96. The third-order valence-corrected chi connectivity index (χ3v) is 5.88. The normalized spacial score (nSPS) is 29.8. The number of hydrogen-bond donors (Lipinski definition) is 1. The van der Waals surface area contributed by atoms with E-state index in [-0.39, 0.29) is 11.8 Å². The van der Waals surface area contributed by atoms with Crippen molar-refractivity contribution in [3.05, 3.63) is 35.4 Å². The number of rotatable bonds is 4. The number of hydrogen-bond acceptors (Lipinski definition) is 2. The van der Waals surface area contributed by atoms with Crippen LogP contribution in [0.15, 0.2) is 24.3 Å². The summed E-state index contributed by atoms with van der Waals surface area (Å²) in [5, 5.41) is 0. The molecule has 0 heterocycles. The van der Waals surface area contributed by atoms with Crippen LogP contribution >= 0.6 is 0 Å². The van der Waals surface area contributed by atoms with E-state index in [4.69, 9.17) is 0 Å². The van der Waals surface area contributed by atoms with Gasteiger partial charge in [-0.05, 0) is 43.6 Å². The van der Waals surface area contributed by atoms with Gasteiger partial charge in [0.2, 0.25) is 10.0 Å². The number of nitrogens with one attached hydrogen (secondary N) is 1. The highest BCUT2D eigenvalue weighted by atomic mass is 32.2. The molecule has 1 aromatic rings. The second kappa shape index (κ2) is 4.91. The summed E-state index contributed by atoms with van der Waals surface area (Å²) in [6.45, 7) is 1.99. The molecule has 2 aliphatic carbocycles. The summed E-state index contributed by atoms with van der Waals surface area (Å²) in [6, 6.07) is 7.91. The van der Waals surface area contributed by atoms with Crippen LogP contribution in [-0.2, 0) is 15.8 Å². The van der Waals surface area contributed by atoms with Crippen molar-refractivity contribution in [2.24, 2.45) is 11.8 Å². The van der Waals surface area contributed by atoms with Gasteiger partial charge in [0.05, 0.1) is 5.75 Å². The Hall–Kier alpha value is -0.870. The molecule has 0 spiro atoms. The summed E-state index contributed by atoms with van der Waals surface area (Å²) in [6.07, 6.45) is 4.75. The summed E-state index contributed by atoms with van der Waals surface area (Å²) in [4.78, 5) is 0. The molecule has 104 valence electrons. The van der Waals surface area contributed by atoms with Crippen molar-refractivity contribution in [2.45, 2.75) is 44.4 Å². The van der Waals surface area contributed by atoms with Crippen molar-refractivity contribution in [1.29, 1.82) is 0 Å². The zero-order valence-electron chi connectivity index (χ0n) is 11.3. The van der Waals surface area contributed by atoms with E-state index in [9.17, 15) is 8.42 Å². The molecule has 0 unspecified atom stereocenters. The van der Waals surface area contributed by atoms with Gasteiger partial charge in [-0.25, -0.2) is 13.1 Å². The first-order valence-corrected chi connectivity index (χ1v) is 8.72. The van der Waals surface area contributed by atoms with Gasteiger partial charge in [-0.15, -0.1) is 0 Å². The fourth-order valence-electron chi connectivity index (χ4n) is 3.68. The Balaban J connectivity index is 1.66. The third-order valence-electron chi connectivity index (χ3n) is 4.51. The Morgan fingerprint density at radius 1 is 1.26 bits per heavy atom. The summed E-state index contributed by atoms with van der Waals surface area (Å²) >= 11 is 0. The van der Waals surface area contributed by atoms with Gasteiger partial charge in [-0.1, -0.05) is 36.2 Å². The van der Waals surface area contributed by atoms with Crippen molar-refractivity contribution in [2.75, 3.05) is 0 Å². The molecule has 0 amide bonds. The lowest BCUT2D eigenvalue weighted by molar-refractivity contribution is 0.390. The predicted molar refractivity (Wildman–Crippen MR) is 76.2 cm³/mol. The van der Waals surface area contributed by atoms with Crippen LogP contribution in [0.4, 0.5) is 0 Å². The number of aryl methyl sites for hydroxylation is 1. The average Bonchev–Trinajstić information content (AvgIpc) is 2.89. The van der Waals surface area contributed by atoms with Crippen molar-refractivity contribution >= 4 is 10.0 Å². The standard InChI is InChI=1S/C15H21NO2S/c1-11-3-2-4-13(7-11)10-19(17,18)16-15-9-12-5-6-14(15)8-12/h2-4,7,12,14-16H,5-6,8-10H2,1H3/t12-,14+,15-/m0/s1. The topological polar surface area (TPSA) is 46.2 Å². The van der Waals surface area contributed by atoms with Crippen LogP contribution in [0.2, 0.25) is 0 Å². The van der Waals surface area contributed by atoms with Crippen LogP contribution in [0.3, 0.4) is 0 Å². The fourth-order valence-corrected chi connectivity index (χ4v) is 5.13. The van der Waals surface area contributed by atoms with E-state index >= 15 is 0 Å². The van der Waals surface area contributed by atoms with Gasteiger partial charge in [0.25, 0.3) is 0 Å². The fraction of sp³-hybridized carbons (Fsp3) is 0.600. The smallest absolute Gasteiger partial charge is 0.212 e. The van der Waals surface area contributed by atoms with Crippen molar-refractivity contribution < 1.29 is 8.42 Å². The molecule has 1 N–H and O–H groups in total. The largest absolute Gasteiger partial charge is 0.216 e. The molecule has 3 atom stereocenters. The maximum atomic E-state index is 12.2. The predicted octanol–water partition coefficient (Wildman–Crippen LogP) is 2.60. The maximum absolute atomic E-state index is 12.2. The first-order valence-electron chi connectivity index (χ1n) is 7.07. The van der Waals surface area contributed by atoms with Crippen LogP contribution in [0, 0.1) is 18.8 Å². The van der Waals surface area contributed by atoms with Crippen LogP contribution in [0.5, 0.6) is 0 Å². The molecule has 1 aromatic carbocycles. The lowest BCUT2D eigenvalue weighted by Crippen LogP contribution is -2.39. The van der Waals surface area contributed by atoms with E-state index in [0.717, 1.165) is 23.5 Å². The Labute approximate surface area is 115 Å². The molecule has 0 radical (unpaired) electrons. The molecule has 0 saturated heterocycles. The van der Waals surface area contributed by atoms with E-state index < -0.39 is 10.0 Å². The summed E-state index contributed by atoms with van der Waals surface area (Å²) in [7, 11) is -3.21. The summed E-state index contributed by atoms with van der Waals surface area (Å²) in [5.41, 5.74) is 1.98. The highest BCUT2D eigenvalue weighted by Gasteiger charge is 2.40. The molecule has 0 aromatic heterocycles. The highest BCUT2D eigenvalue weighted by Crippen LogP contribution is 2.44. The van der Waals surface area contributed by atoms with Crippen LogP contribution in [0.1, 0.15) is 36.8 Å². The van der Waals surface area contributed by atoms with Gasteiger partial charge in [-0.2, -0.15) is 0 Å². The van der Waals surface area contributed by atoms with Crippen LogP contribution in [0.25, 0.3) is 0 Å². The molecule has 3 rings (SSSR count). The average molecular weight is 279 g/mol. The summed E-state index contributed by atoms with van der Waals surface area (Å²) in [5.74, 6) is 1.44. The van der Waals surface area contributed by atoms with Gasteiger partial charge in [0, 0.05) is 6.04 Å². The van der Waals surface area contributed by atoms with Crippen molar-refractivity contribution in [3.63, 3.8) is 0 Å². The SMILES string of the molecule is Cc1cccc(CS(=O)(=O)N[C@H]2C[C@H]3CC[C@@H]2C3)c1. The molecule has 3 nitrogen and oxygen atoms in total. The molecule has 2 saturated carbocycles. The Morgan fingerprint density at radius 2 is 2.11 bits per heavy atom. The van der Waals surface area contributed by atoms with E-state index in [0.29, 0.717) is 5.92 Å². The molecular formula is C15H21NO2S. The second-order valence-electron chi connectivity index (χ2n) is 6.15.